The van der Waals surface area contributed by atoms with Gasteiger partial charge in [0.15, 0.2) is 0 Å². The van der Waals surface area contributed by atoms with Crippen LogP contribution in [-0.2, 0) is 16.6 Å². The summed E-state index contributed by atoms with van der Waals surface area (Å²) in [7, 11) is -3.79. The molecule has 0 atom stereocenters. The average molecular weight is 459 g/mol. The lowest BCUT2D eigenvalue weighted by Gasteiger charge is -2.12. The van der Waals surface area contributed by atoms with Crippen LogP contribution in [0.1, 0.15) is 28.4 Å². The van der Waals surface area contributed by atoms with Crippen LogP contribution in [0.25, 0.3) is 0 Å². The molecule has 0 aliphatic rings. The van der Waals surface area contributed by atoms with Gasteiger partial charge in [-0.3, -0.25) is 9.52 Å². The first kappa shape index (κ1) is 22.7. The van der Waals surface area contributed by atoms with Crippen molar-refractivity contribution < 1.29 is 17.9 Å². The Bertz CT molecular complexity index is 1180. The van der Waals surface area contributed by atoms with Crippen LogP contribution in [0.5, 0.6) is 5.75 Å². The molecule has 2 N–H and O–H groups in total. The normalized spacial score (nSPS) is 11.1. The molecular weight excluding hydrogens is 436 g/mol. The highest BCUT2D eigenvalue weighted by Gasteiger charge is 2.17. The van der Waals surface area contributed by atoms with Crippen molar-refractivity contribution in [1.29, 1.82) is 0 Å². The molecule has 0 radical (unpaired) electrons. The smallest absolute Gasteiger partial charge is 0.261 e. The Labute approximate surface area is 187 Å². The van der Waals surface area contributed by atoms with Crippen LogP contribution < -0.4 is 14.8 Å². The van der Waals surface area contributed by atoms with E-state index in [0.29, 0.717) is 18.7 Å². The second-order valence-corrected chi connectivity index (χ2v) is 8.97. The van der Waals surface area contributed by atoms with Gasteiger partial charge in [0.25, 0.3) is 15.9 Å². The molecule has 162 valence electrons. The summed E-state index contributed by atoms with van der Waals surface area (Å²) in [5, 5.41) is 2.95. The van der Waals surface area contributed by atoms with E-state index in [9.17, 15) is 13.2 Å². The summed E-state index contributed by atoms with van der Waals surface area (Å²) in [4.78, 5) is 12.6. The van der Waals surface area contributed by atoms with E-state index in [2.05, 4.69) is 10.0 Å². The van der Waals surface area contributed by atoms with Gasteiger partial charge in [-0.2, -0.15) is 0 Å². The van der Waals surface area contributed by atoms with E-state index in [1.165, 1.54) is 30.3 Å². The van der Waals surface area contributed by atoms with E-state index in [0.717, 1.165) is 16.9 Å². The predicted molar refractivity (Wildman–Crippen MR) is 122 cm³/mol. The van der Waals surface area contributed by atoms with E-state index in [4.69, 9.17) is 16.3 Å². The lowest BCUT2D eigenvalue weighted by atomic mass is 10.1. The summed E-state index contributed by atoms with van der Waals surface area (Å²) in [6, 6.07) is 18.4. The second kappa shape index (κ2) is 9.85. The summed E-state index contributed by atoms with van der Waals surface area (Å²) in [6.45, 7) is 4.66. The van der Waals surface area contributed by atoms with Crippen molar-refractivity contribution in [2.24, 2.45) is 0 Å². The van der Waals surface area contributed by atoms with Crippen LogP contribution >= 0.6 is 11.6 Å². The number of ether oxygens (including phenoxy) is 1. The molecule has 0 aliphatic carbocycles. The lowest BCUT2D eigenvalue weighted by molar-refractivity contribution is 0.0951. The molecule has 3 aromatic carbocycles. The number of anilines is 1. The Morgan fingerprint density at radius 2 is 1.77 bits per heavy atom. The predicted octanol–water partition coefficient (Wildman–Crippen LogP) is 4.78. The van der Waals surface area contributed by atoms with Gasteiger partial charge >= 0.3 is 0 Å². The number of hydrogen-bond donors (Lipinski definition) is 2. The largest absolute Gasteiger partial charge is 0.494 e. The van der Waals surface area contributed by atoms with Gasteiger partial charge < -0.3 is 10.1 Å². The first-order chi connectivity index (χ1) is 14.8. The zero-order chi connectivity index (χ0) is 22.4. The summed E-state index contributed by atoms with van der Waals surface area (Å²) >= 11 is 6.24. The van der Waals surface area contributed by atoms with E-state index in [1.807, 2.05) is 38.1 Å². The zero-order valence-electron chi connectivity index (χ0n) is 17.2. The molecule has 8 heteroatoms. The van der Waals surface area contributed by atoms with Crippen molar-refractivity contribution in [3.63, 3.8) is 0 Å². The van der Waals surface area contributed by atoms with Crippen LogP contribution in [0, 0.1) is 6.92 Å². The van der Waals surface area contributed by atoms with Crippen molar-refractivity contribution in [1.82, 2.24) is 5.32 Å². The average Bonchev–Trinajstić information content (AvgIpc) is 2.74. The number of benzene rings is 3. The molecule has 0 aliphatic heterocycles. The molecule has 6 nitrogen and oxygen atoms in total. The van der Waals surface area contributed by atoms with E-state index in [-0.39, 0.29) is 21.5 Å². The Morgan fingerprint density at radius 3 is 2.45 bits per heavy atom. The molecule has 0 heterocycles. The number of rotatable bonds is 8. The number of amides is 1. The van der Waals surface area contributed by atoms with Crippen LogP contribution in [0.2, 0.25) is 5.02 Å². The van der Waals surface area contributed by atoms with Crippen LogP contribution in [0.4, 0.5) is 5.69 Å². The molecule has 31 heavy (non-hydrogen) atoms. The van der Waals surface area contributed by atoms with Crippen molar-refractivity contribution in [2.75, 3.05) is 11.3 Å². The van der Waals surface area contributed by atoms with Crippen molar-refractivity contribution in [2.45, 2.75) is 25.3 Å². The fraction of sp³-hybridized carbons (Fsp3) is 0.174. The molecule has 1 amide bonds. The monoisotopic (exact) mass is 458 g/mol. The lowest BCUT2D eigenvalue weighted by Crippen LogP contribution is -2.23. The highest BCUT2D eigenvalue weighted by atomic mass is 35.5. The molecule has 0 fully saturated rings. The second-order valence-electron chi connectivity index (χ2n) is 6.88. The Balaban J connectivity index is 1.67. The van der Waals surface area contributed by atoms with Gasteiger partial charge in [-0.05, 0) is 61.9 Å². The van der Waals surface area contributed by atoms with Gasteiger partial charge in [0.1, 0.15) is 5.75 Å². The van der Waals surface area contributed by atoms with Gasteiger partial charge in [0, 0.05) is 12.1 Å². The number of carbonyl (C=O) groups is 1. The fourth-order valence-corrected chi connectivity index (χ4v) is 4.22. The standard InChI is InChI=1S/C23H23ClN2O4S/c1-3-30-19-6-4-5-17(13-19)15-25-23(27)18-9-12-22(21(24)14-18)26-31(28,29)20-10-7-16(2)8-11-20/h4-14,26H,3,15H2,1-2H3,(H,25,27). The van der Waals surface area contributed by atoms with Crippen molar-refractivity contribution in [3.05, 3.63) is 88.4 Å². The van der Waals surface area contributed by atoms with Crippen LogP contribution in [0.15, 0.2) is 71.6 Å². The highest BCUT2D eigenvalue weighted by Crippen LogP contribution is 2.26. The number of nitrogens with one attached hydrogen (secondary N) is 2. The van der Waals surface area contributed by atoms with E-state index in [1.54, 1.807) is 12.1 Å². The topological polar surface area (TPSA) is 84.5 Å². The number of carbonyl (C=O) groups excluding carboxylic acids is 1. The first-order valence-electron chi connectivity index (χ1n) is 9.67. The number of hydrogen-bond acceptors (Lipinski definition) is 4. The minimum atomic E-state index is -3.79. The third-order valence-electron chi connectivity index (χ3n) is 4.47. The number of halogens is 1. The minimum Gasteiger partial charge on any atom is -0.494 e. The highest BCUT2D eigenvalue weighted by molar-refractivity contribution is 7.92. The summed E-state index contributed by atoms with van der Waals surface area (Å²) in [5.74, 6) is 0.416. The molecule has 0 saturated carbocycles. The Hall–Kier alpha value is -3.03. The maximum absolute atomic E-state index is 12.6. The third kappa shape index (κ3) is 5.99. The van der Waals surface area contributed by atoms with E-state index < -0.39 is 10.0 Å². The molecule has 0 bridgehead atoms. The fourth-order valence-electron chi connectivity index (χ4n) is 2.86. The maximum Gasteiger partial charge on any atom is 0.261 e. The molecule has 3 aromatic rings. The summed E-state index contributed by atoms with van der Waals surface area (Å²) < 4.78 is 33.0. The van der Waals surface area contributed by atoms with Gasteiger partial charge in [0.2, 0.25) is 0 Å². The van der Waals surface area contributed by atoms with Gasteiger partial charge in [-0.25, -0.2) is 8.42 Å². The maximum atomic E-state index is 12.6. The summed E-state index contributed by atoms with van der Waals surface area (Å²) in [5.41, 5.74) is 2.37. The zero-order valence-corrected chi connectivity index (χ0v) is 18.8. The van der Waals surface area contributed by atoms with E-state index >= 15 is 0 Å². The SMILES string of the molecule is CCOc1cccc(CNC(=O)c2ccc(NS(=O)(=O)c3ccc(C)cc3)c(Cl)c2)c1. The first-order valence-corrected chi connectivity index (χ1v) is 11.5. The Kier molecular flexibility index (Phi) is 7.20. The number of aryl methyl sites for hydroxylation is 1. The van der Waals surface area contributed by atoms with Crippen LogP contribution in [0.3, 0.4) is 0 Å². The van der Waals surface area contributed by atoms with Gasteiger partial charge in [-0.15, -0.1) is 0 Å². The van der Waals surface area contributed by atoms with Crippen molar-refractivity contribution in [3.8, 4) is 5.75 Å². The molecular formula is C23H23ClN2O4S. The summed E-state index contributed by atoms with van der Waals surface area (Å²) in [6.07, 6.45) is 0. The third-order valence-corrected chi connectivity index (χ3v) is 6.16. The molecule has 0 spiro atoms. The van der Waals surface area contributed by atoms with Gasteiger partial charge in [0.05, 0.1) is 22.2 Å². The molecule has 3 rings (SSSR count). The quantitative estimate of drug-likeness (QED) is 0.508. The minimum absolute atomic E-state index is 0.127. The number of sulfonamides is 1. The molecule has 0 saturated heterocycles. The Morgan fingerprint density at radius 1 is 1.03 bits per heavy atom. The van der Waals surface area contributed by atoms with Gasteiger partial charge in [-0.1, -0.05) is 41.4 Å². The van der Waals surface area contributed by atoms with Crippen LogP contribution in [-0.4, -0.2) is 20.9 Å². The molecule has 0 unspecified atom stereocenters. The molecule has 0 aromatic heterocycles. The van der Waals surface area contributed by atoms with Crippen molar-refractivity contribution >= 4 is 33.2 Å².